The van der Waals surface area contributed by atoms with Gasteiger partial charge in [-0.2, -0.15) is 0 Å². The zero-order chi connectivity index (χ0) is 28.8. The average molecular weight is 554 g/mol. The topological polar surface area (TPSA) is 78.6 Å². The number of unbranched alkanes of at least 4 members (excludes halogenated alkanes) is 20. The van der Waals surface area contributed by atoms with E-state index in [4.69, 9.17) is 15.2 Å². The second-order valence-corrected chi connectivity index (χ2v) is 11.8. The number of rotatable bonds is 30. The molecule has 0 radical (unpaired) electrons. The third kappa shape index (κ3) is 28.2. The Morgan fingerprint density at radius 3 is 1.28 bits per heavy atom. The first-order chi connectivity index (χ1) is 19.0. The molecule has 0 bridgehead atoms. The summed E-state index contributed by atoms with van der Waals surface area (Å²) >= 11 is 0. The van der Waals surface area contributed by atoms with Gasteiger partial charge in [-0.15, -0.1) is 0 Å². The van der Waals surface area contributed by atoms with Crippen molar-refractivity contribution in [3.63, 3.8) is 0 Å². The third-order valence-corrected chi connectivity index (χ3v) is 7.75. The minimum atomic E-state index is -0.300. The first kappa shape index (κ1) is 37.9. The summed E-state index contributed by atoms with van der Waals surface area (Å²) in [7, 11) is 0. The maximum absolute atomic E-state index is 12.3. The zero-order valence-electron chi connectivity index (χ0n) is 26.5. The molecule has 5 heteroatoms. The monoisotopic (exact) mass is 554 g/mol. The van der Waals surface area contributed by atoms with E-state index in [1.807, 2.05) is 6.92 Å². The van der Waals surface area contributed by atoms with Crippen LogP contribution in [0.3, 0.4) is 0 Å². The molecular weight excluding hydrogens is 486 g/mol. The maximum Gasteiger partial charge on any atom is 0.306 e. The van der Waals surface area contributed by atoms with Gasteiger partial charge in [0.25, 0.3) is 0 Å². The van der Waals surface area contributed by atoms with Gasteiger partial charge in [0, 0.05) is 25.3 Å². The molecule has 2 atom stereocenters. The number of hydrogen-bond acceptors (Lipinski definition) is 5. The van der Waals surface area contributed by atoms with E-state index in [2.05, 4.69) is 13.8 Å². The molecule has 0 aromatic heterocycles. The van der Waals surface area contributed by atoms with Crippen LogP contribution in [-0.4, -0.2) is 30.7 Å². The lowest BCUT2D eigenvalue weighted by Crippen LogP contribution is -2.33. The predicted octanol–water partition coefficient (Wildman–Crippen LogP) is 9.97. The van der Waals surface area contributed by atoms with Crippen molar-refractivity contribution in [2.24, 2.45) is 5.73 Å². The molecule has 2 unspecified atom stereocenters. The molecule has 0 aromatic rings. The molecule has 0 fully saturated rings. The van der Waals surface area contributed by atoms with Crippen LogP contribution >= 0.6 is 0 Å². The van der Waals surface area contributed by atoms with E-state index >= 15 is 0 Å². The molecule has 2 N–H and O–H groups in total. The number of nitrogens with two attached hydrogens (primary N) is 1. The first-order valence-corrected chi connectivity index (χ1v) is 17.1. The quantitative estimate of drug-likeness (QED) is 0.0707. The van der Waals surface area contributed by atoms with E-state index < -0.39 is 0 Å². The van der Waals surface area contributed by atoms with Crippen molar-refractivity contribution in [1.82, 2.24) is 0 Å². The van der Waals surface area contributed by atoms with Gasteiger partial charge >= 0.3 is 11.9 Å². The normalized spacial score (nSPS) is 12.8. The molecule has 39 heavy (non-hydrogen) atoms. The maximum atomic E-state index is 12.3. The van der Waals surface area contributed by atoms with Gasteiger partial charge in [0.05, 0.1) is 0 Å². The Morgan fingerprint density at radius 1 is 0.538 bits per heavy atom. The summed E-state index contributed by atoms with van der Waals surface area (Å²) in [6.45, 7) is 6.72. The molecule has 232 valence electrons. The van der Waals surface area contributed by atoms with Gasteiger partial charge in [-0.25, -0.2) is 0 Å². The van der Waals surface area contributed by atoms with Gasteiger partial charge in [0.2, 0.25) is 0 Å². The van der Waals surface area contributed by atoms with E-state index in [1.165, 1.54) is 116 Å². The van der Waals surface area contributed by atoms with Crippen molar-refractivity contribution in [3.05, 3.63) is 0 Å². The van der Waals surface area contributed by atoms with Crippen LogP contribution in [0, 0.1) is 0 Å². The van der Waals surface area contributed by atoms with Crippen molar-refractivity contribution < 1.29 is 19.1 Å². The fourth-order valence-corrected chi connectivity index (χ4v) is 5.09. The number of carbonyl (C=O) groups is 2. The highest BCUT2D eigenvalue weighted by molar-refractivity contribution is 5.69. The van der Waals surface area contributed by atoms with E-state index in [1.54, 1.807) is 0 Å². The van der Waals surface area contributed by atoms with E-state index in [9.17, 15) is 9.59 Å². The standard InChI is InChI=1S/C34H67NO4/c1-4-7-9-11-13-15-17-19-21-23-25-27-33(36)38-30-31(35)29-32(6-3)39-34(37)28-26-24-22-20-18-16-14-12-10-8-5-2/h31-32H,4-30,35H2,1-3H3. The van der Waals surface area contributed by atoms with Gasteiger partial charge in [0.15, 0.2) is 0 Å². The van der Waals surface area contributed by atoms with E-state index in [0.29, 0.717) is 19.3 Å². The Labute approximate surface area is 243 Å². The lowest BCUT2D eigenvalue weighted by molar-refractivity contribution is -0.151. The van der Waals surface area contributed by atoms with Crippen LogP contribution in [0.25, 0.3) is 0 Å². The minimum Gasteiger partial charge on any atom is -0.464 e. The molecule has 0 aliphatic heterocycles. The molecule has 0 spiro atoms. The average Bonchev–Trinajstić information content (AvgIpc) is 2.93. The van der Waals surface area contributed by atoms with Crippen LogP contribution in [0.2, 0.25) is 0 Å². The van der Waals surface area contributed by atoms with Crippen LogP contribution in [0.4, 0.5) is 0 Å². The second-order valence-electron chi connectivity index (χ2n) is 11.8. The molecule has 0 amide bonds. The summed E-state index contributed by atoms with van der Waals surface area (Å²) in [5, 5.41) is 0. The summed E-state index contributed by atoms with van der Waals surface area (Å²) in [4.78, 5) is 24.3. The lowest BCUT2D eigenvalue weighted by Gasteiger charge is -2.20. The van der Waals surface area contributed by atoms with Gasteiger partial charge in [0.1, 0.15) is 12.7 Å². The molecular formula is C34H67NO4. The van der Waals surface area contributed by atoms with Crippen molar-refractivity contribution >= 4 is 11.9 Å². The van der Waals surface area contributed by atoms with Crippen LogP contribution in [0.5, 0.6) is 0 Å². The highest BCUT2D eigenvalue weighted by atomic mass is 16.5. The summed E-state index contributed by atoms with van der Waals surface area (Å²) in [5.74, 6) is -0.290. The van der Waals surface area contributed by atoms with E-state index in [-0.39, 0.29) is 30.7 Å². The second kappa shape index (κ2) is 29.9. The van der Waals surface area contributed by atoms with Crippen LogP contribution in [-0.2, 0) is 19.1 Å². The fourth-order valence-electron chi connectivity index (χ4n) is 5.09. The molecule has 0 aliphatic rings. The highest BCUT2D eigenvalue weighted by Gasteiger charge is 2.17. The van der Waals surface area contributed by atoms with Gasteiger partial charge < -0.3 is 15.2 Å². The lowest BCUT2D eigenvalue weighted by atomic mass is 10.1. The SMILES string of the molecule is CCCCCCCCCCCCCC(=O)OCC(N)CC(CC)OC(=O)CCCCCCCCCCCCC. The molecule has 0 aliphatic carbocycles. The first-order valence-electron chi connectivity index (χ1n) is 17.1. The zero-order valence-corrected chi connectivity index (χ0v) is 26.5. The van der Waals surface area contributed by atoms with Crippen molar-refractivity contribution in [2.75, 3.05) is 6.61 Å². The Balaban J connectivity index is 3.68. The van der Waals surface area contributed by atoms with E-state index in [0.717, 1.165) is 32.1 Å². The summed E-state index contributed by atoms with van der Waals surface area (Å²) in [6.07, 6.45) is 29.8. The summed E-state index contributed by atoms with van der Waals surface area (Å²) < 4.78 is 11.0. The molecule has 0 saturated carbocycles. The Hall–Kier alpha value is -1.10. The number of hydrogen-bond donors (Lipinski definition) is 1. The molecule has 0 rings (SSSR count). The summed E-state index contributed by atoms with van der Waals surface area (Å²) in [5.41, 5.74) is 6.18. The largest absolute Gasteiger partial charge is 0.464 e. The number of ether oxygens (including phenoxy) is 2. The summed E-state index contributed by atoms with van der Waals surface area (Å²) in [6, 6.07) is -0.300. The Bertz CT molecular complexity index is 539. The van der Waals surface area contributed by atoms with Crippen molar-refractivity contribution in [1.29, 1.82) is 0 Å². The number of esters is 2. The minimum absolute atomic E-state index is 0.126. The molecule has 0 heterocycles. The Kier molecular flexibility index (Phi) is 29.0. The van der Waals surface area contributed by atoms with Gasteiger partial charge in [-0.05, 0) is 19.3 Å². The van der Waals surface area contributed by atoms with Crippen LogP contribution in [0.15, 0.2) is 0 Å². The van der Waals surface area contributed by atoms with Crippen molar-refractivity contribution in [2.45, 2.75) is 200 Å². The molecule has 5 nitrogen and oxygen atoms in total. The van der Waals surface area contributed by atoms with Crippen LogP contribution < -0.4 is 5.73 Å². The smallest absolute Gasteiger partial charge is 0.306 e. The molecule has 0 aromatic carbocycles. The molecule has 0 saturated heterocycles. The van der Waals surface area contributed by atoms with Crippen molar-refractivity contribution in [3.8, 4) is 0 Å². The third-order valence-electron chi connectivity index (χ3n) is 7.75. The highest BCUT2D eigenvalue weighted by Crippen LogP contribution is 2.15. The fraction of sp³-hybridized carbons (Fsp3) is 0.941. The van der Waals surface area contributed by atoms with Crippen LogP contribution in [0.1, 0.15) is 188 Å². The predicted molar refractivity (Wildman–Crippen MR) is 166 cm³/mol. The Morgan fingerprint density at radius 2 is 0.897 bits per heavy atom. The van der Waals surface area contributed by atoms with Gasteiger partial charge in [-0.1, -0.05) is 149 Å². The van der Waals surface area contributed by atoms with Gasteiger partial charge in [-0.3, -0.25) is 9.59 Å². The number of carbonyl (C=O) groups excluding carboxylic acids is 2.